The maximum atomic E-state index is 6.83. The molecule has 0 saturated heterocycles. The summed E-state index contributed by atoms with van der Waals surface area (Å²) in [6, 6.07) is 6.24. The molecule has 1 aromatic carbocycles. The van der Waals surface area contributed by atoms with E-state index in [2.05, 4.69) is 19.1 Å². The van der Waals surface area contributed by atoms with Crippen LogP contribution in [0.4, 0.5) is 0 Å². The summed E-state index contributed by atoms with van der Waals surface area (Å²) >= 11 is 0. The molecule has 1 fully saturated rings. The van der Waals surface area contributed by atoms with E-state index in [1.165, 1.54) is 24.8 Å². The van der Waals surface area contributed by atoms with Gasteiger partial charge in [-0.15, -0.1) is 0 Å². The molecule has 118 valence electrons. The highest BCUT2D eigenvalue weighted by Crippen LogP contribution is 2.43. The van der Waals surface area contributed by atoms with Crippen molar-refractivity contribution >= 4 is 0 Å². The summed E-state index contributed by atoms with van der Waals surface area (Å²) in [6.45, 7) is 7.51. The number of rotatable bonds is 6. The van der Waals surface area contributed by atoms with Crippen LogP contribution in [0.3, 0.4) is 0 Å². The summed E-state index contributed by atoms with van der Waals surface area (Å²) in [4.78, 5) is 0. The fraction of sp³-hybridized carbons (Fsp3) is 0.667. The molecule has 0 spiro atoms. The van der Waals surface area contributed by atoms with Crippen LogP contribution in [0, 0.1) is 5.92 Å². The number of nitrogens with two attached hydrogens (primary N) is 1. The molecule has 1 aliphatic rings. The van der Waals surface area contributed by atoms with Crippen LogP contribution in [0.15, 0.2) is 18.2 Å². The first-order valence-electron chi connectivity index (χ1n) is 8.34. The summed E-state index contributed by atoms with van der Waals surface area (Å²) < 4.78 is 11.4. The van der Waals surface area contributed by atoms with Crippen LogP contribution in [0.5, 0.6) is 11.5 Å². The molecule has 0 aliphatic heterocycles. The molecular weight excluding hydrogens is 262 g/mol. The lowest BCUT2D eigenvalue weighted by Crippen LogP contribution is -2.46. The summed E-state index contributed by atoms with van der Waals surface area (Å²) in [5.41, 5.74) is 7.80. The van der Waals surface area contributed by atoms with Gasteiger partial charge in [-0.05, 0) is 50.3 Å². The molecule has 3 nitrogen and oxygen atoms in total. The van der Waals surface area contributed by atoms with E-state index in [1.54, 1.807) is 0 Å². The third-order valence-corrected chi connectivity index (χ3v) is 4.70. The normalized spacial score (nSPS) is 25.6. The van der Waals surface area contributed by atoms with Crippen molar-refractivity contribution in [1.29, 1.82) is 0 Å². The number of hydrogen-bond acceptors (Lipinski definition) is 3. The van der Waals surface area contributed by atoms with Crippen molar-refractivity contribution in [3.05, 3.63) is 23.8 Å². The first-order chi connectivity index (χ1) is 10.2. The van der Waals surface area contributed by atoms with E-state index in [4.69, 9.17) is 15.2 Å². The van der Waals surface area contributed by atoms with Crippen molar-refractivity contribution < 1.29 is 9.47 Å². The molecule has 0 bridgehead atoms. The maximum Gasteiger partial charge on any atom is 0.161 e. The zero-order valence-corrected chi connectivity index (χ0v) is 13.7. The summed E-state index contributed by atoms with van der Waals surface area (Å²) in [5, 5.41) is 0. The number of benzene rings is 1. The van der Waals surface area contributed by atoms with Crippen molar-refractivity contribution in [1.82, 2.24) is 0 Å². The molecule has 1 aromatic rings. The standard InChI is InChI=1S/C18H29NO2/c1-4-14-9-7-8-12-18(14,19)15-10-11-16(20-5-2)17(13-15)21-6-3/h10-11,13-14H,4-9,12,19H2,1-3H3. The van der Waals surface area contributed by atoms with Crippen LogP contribution < -0.4 is 15.2 Å². The van der Waals surface area contributed by atoms with Crippen molar-refractivity contribution in [2.45, 2.75) is 58.4 Å². The minimum absolute atomic E-state index is 0.219. The third-order valence-electron chi connectivity index (χ3n) is 4.70. The van der Waals surface area contributed by atoms with Gasteiger partial charge in [-0.25, -0.2) is 0 Å². The van der Waals surface area contributed by atoms with E-state index < -0.39 is 0 Å². The van der Waals surface area contributed by atoms with Gasteiger partial charge in [0.1, 0.15) is 0 Å². The lowest BCUT2D eigenvalue weighted by Gasteiger charge is -2.41. The molecule has 2 rings (SSSR count). The Bertz CT molecular complexity index is 461. The fourth-order valence-electron chi connectivity index (χ4n) is 3.56. The average molecular weight is 291 g/mol. The topological polar surface area (TPSA) is 44.5 Å². The summed E-state index contributed by atoms with van der Waals surface area (Å²) in [7, 11) is 0. The molecule has 1 aliphatic carbocycles. The van der Waals surface area contributed by atoms with Gasteiger partial charge in [-0.3, -0.25) is 0 Å². The van der Waals surface area contributed by atoms with Crippen LogP contribution in [-0.2, 0) is 5.54 Å². The maximum absolute atomic E-state index is 6.83. The van der Waals surface area contributed by atoms with Gasteiger partial charge in [0.05, 0.1) is 13.2 Å². The largest absolute Gasteiger partial charge is 0.490 e. The van der Waals surface area contributed by atoms with Gasteiger partial charge in [0.2, 0.25) is 0 Å². The second-order valence-electron chi connectivity index (χ2n) is 5.92. The van der Waals surface area contributed by atoms with E-state index in [0.29, 0.717) is 19.1 Å². The third kappa shape index (κ3) is 3.34. The molecule has 0 amide bonds. The lowest BCUT2D eigenvalue weighted by atomic mass is 9.68. The van der Waals surface area contributed by atoms with Crippen LogP contribution >= 0.6 is 0 Å². The van der Waals surface area contributed by atoms with Crippen molar-refractivity contribution in [2.24, 2.45) is 11.7 Å². The van der Waals surface area contributed by atoms with Crippen molar-refractivity contribution in [3.8, 4) is 11.5 Å². The Kier molecular flexibility index (Phi) is 5.51. The van der Waals surface area contributed by atoms with E-state index in [1.807, 2.05) is 19.9 Å². The van der Waals surface area contributed by atoms with Crippen LogP contribution in [0.25, 0.3) is 0 Å². The quantitative estimate of drug-likeness (QED) is 0.852. The Labute approximate surface area is 128 Å². The molecule has 21 heavy (non-hydrogen) atoms. The van der Waals surface area contributed by atoms with Crippen molar-refractivity contribution in [2.75, 3.05) is 13.2 Å². The van der Waals surface area contributed by atoms with Gasteiger partial charge in [-0.1, -0.05) is 32.3 Å². The molecule has 0 radical (unpaired) electrons. The van der Waals surface area contributed by atoms with Gasteiger partial charge < -0.3 is 15.2 Å². The SMILES string of the molecule is CCOc1ccc(C2(N)CCCCC2CC)cc1OCC. The van der Waals surface area contributed by atoms with Gasteiger partial charge in [0.15, 0.2) is 11.5 Å². The lowest BCUT2D eigenvalue weighted by molar-refractivity contribution is 0.183. The predicted molar refractivity (Wildman–Crippen MR) is 86.9 cm³/mol. The second kappa shape index (κ2) is 7.17. The molecule has 1 saturated carbocycles. The van der Waals surface area contributed by atoms with E-state index in [9.17, 15) is 0 Å². The first-order valence-corrected chi connectivity index (χ1v) is 8.34. The Morgan fingerprint density at radius 1 is 1.10 bits per heavy atom. The Balaban J connectivity index is 2.35. The minimum atomic E-state index is -0.219. The molecule has 3 heteroatoms. The van der Waals surface area contributed by atoms with Crippen molar-refractivity contribution in [3.63, 3.8) is 0 Å². The average Bonchev–Trinajstić information content (AvgIpc) is 2.50. The van der Waals surface area contributed by atoms with Gasteiger partial charge in [0.25, 0.3) is 0 Å². The van der Waals surface area contributed by atoms with E-state index >= 15 is 0 Å². The summed E-state index contributed by atoms with van der Waals surface area (Å²) in [5.74, 6) is 2.19. The second-order valence-corrected chi connectivity index (χ2v) is 5.92. The summed E-state index contributed by atoms with van der Waals surface area (Å²) in [6.07, 6.45) is 5.93. The van der Waals surface area contributed by atoms with E-state index in [0.717, 1.165) is 24.3 Å². The Morgan fingerprint density at radius 2 is 1.81 bits per heavy atom. The zero-order valence-electron chi connectivity index (χ0n) is 13.7. The highest BCUT2D eigenvalue weighted by atomic mass is 16.5. The Morgan fingerprint density at radius 3 is 2.48 bits per heavy atom. The Hall–Kier alpha value is -1.22. The number of ether oxygens (including phenoxy) is 2. The number of hydrogen-bond donors (Lipinski definition) is 1. The highest BCUT2D eigenvalue weighted by Gasteiger charge is 2.38. The molecule has 2 N–H and O–H groups in total. The van der Waals surface area contributed by atoms with Crippen LogP contribution in [-0.4, -0.2) is 13.2 Å². The van der Waals surface area contributed by atoms with Gasteiger partial charge >= 0.3 is 0 Å². The highest BCUT2D eigenvalue weighted by molar-refractivity contribution is 5.45. The molecular formula is C18H29NO2. The first kappa shape index (κ1) is 16.2. The van der Waals surface area contributed by atoms with E-state index in [-0.39, 0.29) is 5.54 Å². The molecule has 2 unspecified atom stereocenters. The van der Waals surface area contributed by atoms with Crippen LogP contribution in [0.2, 0.25) is 0 Å². The van der Waals surface area contributed by atoms with Gasteiger partial charge in [-0.2, -0.15) is 0 Å². The molecule has 2 atom stereocenters. The molecule has 0 aromatic heterocycles. The van der Waals surface area contributed by atoms with Crippen LogP contribution in [0.1, 0.15) is 58.4 Å². The van der Waals surface area contributed by atoms with Gasteiger partial charge in [0, 0.05) is 5.54 Å². The smallest absolute Gasteiger partial charge is 0.161 e. The minimum Gasteiger partial charge on any atom is -0.490 e. The predicted octanol–water partition coefficient (Wildman–Crippen LogP) is 4.24. The monoisotopic (exact) mass is 291 g/mol. The zero-order chi connectivity index (χ0) is 15.3. The molecule has 0 heterocycles. The fourth-order valence-corrected chi connectivity index (χ4v) is 3.56.